The van der Waals surface area contributed by atoms with Crippen LogP contribution in [0.2, 0.25) is 0 Å². The van der Waals surface area contributed by atoms with Crippen molar-refractivity contribution < 1.29 is 24.2 Å². The van der Waals surface area contributed by atoms with Crippen molar-refractivity contribution in [1.82, 2.24) is 14.7 Å². The molecule has 38 heavy (non-hydrogen) atoms. The molecule has 0 atom stereocenters. The fourth-order valence-corrected chi connectivity index (χ4v) is 5.49. The van der Waals surface area contributed by atoms with Crippen LogP contribution in [0, 0.1) is 5.92 Å². The van der Waals surface area contributed by atoms with Crippen molar-refractivity contribution in [2.75, 3.05) is 6.79 Å². The zero-order valence-electron chi connectivity index (χ0n) is 20.9. The van der Waals surface area contributed by atoms with Crippen LogP contribution in [0.25, 0.3) is 16.8 Å². The van der Waals surface area contributed by atoms with Crippen molar-refractivity contribution in [3.8, 4) is 22.6 Å². The van der Waals surface area contributed by atoms with Gasteiger partial charge in [0.05, 0.1) is 0 Å². The molecule has 1 aliphatic heterocycles. The first kappa shape index (κ1) is 24.0. The van der Waals surface area contributed by atoms with Gasteiger partial charge in [0.2, 0.25) is 6.79 Å². The number of rotatable bonds is 7. The number of ether oxygens (including phenoxy) is 2. The Labute approximate surface area is 220 Å². The molecule has 2 aromatic carbocycles. The van der Waals surface area contributed by atoms with Crippen molar-refractivity contribution >= 4 is 17.5 Å². The molecule has 1 fully saturated rings. The summed E-state index contributed by atoms with van der Waals surface area (Å²) in [4.78, 5) is 28.2. The van der Waals surface area contributed by atoms with Gasteiger partial charge >= 0.3 is 5.97 Å². The zero-order valence-corrected chi connectivity index (χ0v) is 20.9. The highest BCUT2D eigenvalue weighted by molar-refractivity contribution is 5.92. The maximum Gasteiger partial charge on any atom is 0.303 e. The SMILES string of the molecule is O=C(O)C[C@H]1CC[C@H](c2ccc(-c3ccc4nc(C(=O)NCc5ccc6c(c5)OCO6)cn4c3)cc2)CC1. The highest BCUT2D eigenvalue weighted by Crippen LogP contribution is 2.37. The Balaban J connectivity index is 1.10. The third kappa shape index (κ3) is 5.07. The standard InChI is InChI=1S/C30H29N3O5/c34-29(35)14-19-1-4-21(5-2-19)22-6-8-23(9-7-22)24-10-12-28-32-25(17-33(28)16-24)30(36)31-15-20-3-11-26-27(13-20)38-18-37-26/h3,6-13,16-17,19,21H,1-2,4-5,14-15,18H2,(H,31,36)(H,34,35)/t19-,21-. The monoisotopic (exact) mass is 511 g/mol. The summed E-state index contributed by atoms with van der Waals surface area (Å²) < 4.78 is 12.6. The minimum atomic E-state index is -0.693. The summed E-state index contributed by atoms with van der Waals surface area (Å²) in [6.07, 6.45) is 8.05. The van der Waals surface area contributed by atoms with Gasteiger partial charge in [0, 0.05) is 25.4 Å². The molecular weight excluding hydrogens is 482 g/mol. The van der Waals surface area contributed by atoms with Crippen LogP contribution in [-0.2, 0) is 11.3 Å². The molecule has 8 nitrogen and oxygen atoms in total. The van der Waals surface area contributed by atoms with E-state index in [9.17, 15) is 9.59 Å². The Hall–Kier alpha value is -4.33. The number of amides is 1. The first-order chi connectivity index (χ1) is 18.5. The van der Waals surface area contributed by atoms with Crippen LogP contribution < -0.4 is 14.8 Å². The molecule has 0 spiro atoms. The van der Waals surface area contributed by atoms with E-state index >= 15 is 0 Å². The number of aromatic nitrogens is 2. The van der Waals surface area contributed by atoms with Crippen molar-refractivity contribution in [3.05, 3.63) is 83.8 Å². The highest BCUT2D eigenvalue weighted by atomic mass is 16.7. The number of carbonyl (C=O) groups excluding carboxylic acids is 1. The van der Waals surface area contributed by atoms with Crippen LogP contribution >= 0.6 is 0 Å². The van der Waals surface area contributed by atoms with Crippen molar-refractivity contribution in [2.45, 2.75) is 44.6 Å². The van der Waals surface area contributed by atoms with Crippen LogP contribution in [0.15, 0.2) is 67.0 Å². The summed E-state index contributed by atoms with van der Waals surface area (Å²) >= 11 is 0. The molecule has 2 N–H and O–H groups in total. The lowest BCUT2D eigenvalue weighted by molar-refractivity contribution is -0.138. The van der Waals surface area contributed by atoms with Crippen LogP contribution in [0.3, 0.4) is 0 Å². The summed E-state index contributed by atoms with van der Waals surface area (Å²) in [6, 6.07) is 18.2. The lowest BCUT2D eigenvalue weighted by Crippen LogP contribution is -2.23. The summed E-state index contributed by atoms with van der Waals surface area (Å²) in [7, 11) is 0. The quantitative estimate of drug-likeness (QED) is 0.344. The number of fused-ring (bicyclic) bond motifs is 2. The van der Waals surface area contributed by atoms with Crippen molar-refractivity contribution in [2.24, 2.45) is 5.92 Å². The first-order valence-corrected chi connectivity index (χ1v) is 13.0. The van der Waals surface area contributed by atoms with Gasteiger partial charge in [-0.25, -0.2) is 4.98 Å². The molecule has 6 rings (SSSR count). The number of imidazole rings is 1. The normalized spacial score (nSPS) is 18.4. The maximum absolute atomic E-state index is 12.8. The number of nitrogens with one attached hydrogen (secondary N) is 1. The lowest BCUT2D eigenvalue weighted by atomic mass is 9.77. The van der Waals surface area contributed by atoms with E-state index in [0.717, 1.165) is 42.4 Å². The Morgan fingerprint density at radius 2 is 1.68 bits per heavy atom. The van der Waals surface area contributed by atoms with E-state index in [-0.39, 0.29) is 19.1 Å². The summed E-state index contributed by atoms with van der Waals surface area (Å²) in [6.45, 7) is 0.581. The van der Waals surface area contributed by atoms with E-state index in [0.29, 0.717) is 41.2 Å². The summed E-state index contributed by atoms with van der Waals surface area (Å²) in [5, 5.41) is 12.0. The molecule has 1 aliphatic carbocycles. The van der Waals surface area contributed by atoms with Gasteiger partial charge in [-0.2, -0.15) is 0 Å². The topological polar surface area (TPSA) is 102 Å². The van der Waals surface area contributed by atoms with Crippen molar-refractivity contribution in [1.29, 1.82) is 0 Å². The second kappa shape index (κ2) is 10.2. The van der Waals surface area contributed by atoms with Crippen LogP contribution in [-0.4, -0.2) is 33.2 Å². The second-order valence-electron chi connectivity index (χ2n) is 10.1. The van der Waals surface area contributed by atoms with Gasteiger partial charge in [-0.3, -0.25) is 9.59 Å². The molecule has 4 aromatic rings. The van der Waals surface area contributed by atoms with Gasteiger partial charge in [-0.1, -0.05) is 30.3 Å². The molecule has 0 radical (unpaired) electrons. The van der Waals surface area contributed by atoms with E-state index < -0.39 is 5.97 Å². The second-order valence-corrected chi connectivity index (χ2v) is 10.1. The molecule has 0 saturated heterocycles. The number of pyridine rings is 1. The number of aliphatic carboxylic acids is 1. The third-order valence-electron chi connectivity index (χ3n) is 7.60. The molecule has 0 unspecified atom stereocenters. The Morgan fingerprint density at radius 1 is 0.921 bits per heavy atom. The average Bonchev–Trinajstić information content (AvgIpc) is 3.58. The van der Waals surface area contributed by atoms with Gasteiger partial charge in [0.25, 0.3) is 5.91 Å². The highest BCUT2D eigenvalue weighted by Gasteiger charge is 2.24. The minimum Gasteiger partial charge on any atom is -0.481 e. The number of nitrogens with zero attached hydrogens (tertiary/aromatic N) is 2. The lowest BCUT2D eigenvalue weighted by Gasteiger charge is -2.28. The average molecular weight is 512 g/mol. The van der Waals surface area contributed by atoms with Gasteiger partial charge in [-0.15, -0.1) is 0 Å². The Kier molecular flexibility index (Phi) is 6.45. The number of benzene rings is 2. The fourth-order valence-electron chi connectivity index (χ4n) is 5.49. The van der Waals surface area contributed by atoms with Gasteiger partial charge in [0.15, 0.2) is 11.5 Å². The molecule has 194 valence electrons. The van der Waals surface area contributed by atoms with Crippen LogP contribution in [0.1, 0.15) is 59.6 Å². The molecule has 8 heteroatoms. The summed E-state index contributed by atoms with van der Waals surface area (Å²) in [5.41, 5.74) is 5.43. The van der Waals surface area contributed by atoms with Crippen LogP contribution in [0.5, 0.6) is 11.5 Å². The number of hydrogen-bond donors (Lipinski definition) is 2. The number of hydrogen-bond acceptors (Lipinski definition) is 5. The van der Waals surface area contributed by atoms with E-state index in [1.165, 1.54) is 5.56 Å². The number of carboxylic acid groups (broad SMARTS) is 1. The van der Waals surface area contributed by atoms with Gasteiger partial charge in [-0.05, 0) is 84.0 Å². The largest absolute Gasteiger partial charge is 0.481 e. The molecule has 1 amide bonds. The smallest absolute Gasteiger partial charge is 0.303 e. The predicted octanol–water partition coefficient (Wildman–Crippen LogP) is 5.41. The minimum absolute atomic E-state index is 0.218. The van der Waals surface area contributed by atoms with E-state index in [2.05, 4.69) is 34.6 Å². The van der Waals surface area contributed by atoms with Gasteiger partial charge in [0.1, 0.15) is 11.3 Å². The van der Waals surface area contributed by atoms with E-state index in [1.54, 1.807) is 6.20 Å². The number of carbonyl (C=O) groups is 2. The molecule has 2 aliphatic rings. The van der Waals surface area contributed by atoms with Crippen molar-refractivity contribution in [3.63, 3.8) is 0 Å². The molecule has 1 saturated carbocycles. The first-order valence-electron chi connectivity index (χ1n) is 13.0. The Bertz CT molecular complexity index is 1490. The molecule has 2 aromatic heterocycles. The maximum atomic E-state index is 12.8. The molecule has 3 heterocycles. The molecular formula is C30H29N3O5. The predicted molar refractivity (Wildman–Crippen MR) is 141 cm³/mol. The Morgan fingerprint density at radius 3 is 2.47 bits per heavy atom. The third-order valence-corrected chi connectivity index (χ3v) is 7.60. The fraction of sp³-hybridized carbons (Fsp3) is 0.300. The van der Waals surface area contributed by atoms with Crippen LogP contribution in [0.4, 0.5) is 0 Å². The summed E-state index contributed by atoms with van der Waals surface area (Å²) in [5.74, 6) is 1.26. The number of carboxylic acids is 1. The zero-order chi connectivity index (χ0) is 26.1. The molecule has 0 bridgehead atoms. The van der Waals surface area contributed by atoms with Gasteiger partial charge < -0.3 is 24.3 Å². The van der Waals surface area contributed by atoms with E-state index in [1.807, 2.05) is 40.9 Å². The van der Waals surface area contributed by atoms with E-state index in [4.69, 9.17) is 14.6 Å².